The summed E-state index contributed by atoms with van der Waals surface area (Å²) in [6.07, 6.45) is 10.9. The number of benzene rings is 1. The monoisotopic (exact) mass is 338 g/mol. The van der Waals surface area contributed by atoms with Gasteiger partial charge in [-0.25, -0.2) is 4.98 Å². The fourth-order valence-corrected chi connectivity index (χ4v) is 4.08. The molecule has 0 N–H and O–H groups in total. The van der Waals surface area contributed by atoms with E-state index < -0.39 is 0 Å². The van der Waals surface area contributed by atoms with Crippen molar-refractivity contribution < 1.29 is 4.79 Å². The molecule has 3 aromatic rings. The van der Waals surface area contributed by atoms with E-state index in [-0.39, 0.29) is 11.9 Å². The summed E-state index contributed by atoms with van der Waals surface area (Å²) >= 11 is 1.73. The molecule has 1 aliphatic heterocycles. The molecule has 1 aromatic carbocycles. The van der Waals surface area contributed by atoms with Gasteiger partial charge in [0.25, 0.3) is 5.91 Å². The Hall–Kier alpha value is -2.34. The third-order valence-electron chi connectivity index (χ3n) is 4.55. The van der Waals surface area contributed by atoms with Crippen molar-refractivity contribution in [2.45, 2.75) is 23.8 Å². The Morgan fingerprint density at radius 1 is 1.29 bits per heavy atom. The van der Waals surface area contributed by atoms with Crippen molar-refractivity contribution in [1.82, 2.24) is 19.3 Å². The van der Waals surface area contributed by atoms with E-state index >= 15 is 0 Å². The van der Waals surface area contributed by atoms with Gasteiger partial charge in [0.15, 0.2) is 5.65 Å². The number of imidazole rings is 1. The molecule has 1 saturated heterocycles. The smallest absolute Gasteiger partial charge is 0.273 e. The highest BCUT2D eigenvalue weighted by Crippen LogP contribution is 2.37. The van der Waals surface area contributed by atoms with Crippen molar-refractivity contribution in [2.75, 3.05) is 12.8 Å². The second kappa shape index (κ2) is 6.28. The molecule has 1 aliphatic rings. The summed E-state index contributed by atoms with van der Waals surface area (Å²) in [7, 11) is 0. The van der Waals surface area contributed by atoms with Crippen LogP contribution in [0.3, 0.4) is 0 Å². The molecule has 1 unspecified atom stereocenters. The highest BCUT2D eigenvalue weighted by molar-refractivity contribution is 7.98. The molecule has 0 spiro atoms. The molecule has 122 valence electrons. The van der Waals surface area contributed by atoms with Gasteiger partial charge in [-0.3, -0.25) is 14.2 Å². The van der Waals surface area contributed by atoms with Gasteiger partial charge in [0, 0.05) is 23.8 Å². The molecule has 4 rings (SSSR count). The van der Waals surface area contributed by atoms with Crippen LogP contribution in [0.25, 0.3) is 5.65 Å². The number of hydrogen-bond donors (Lipinski definition) is 0. The van der Waals surface area contributed by atoms with Crippen molar-refractivity contribution in [3.63, 3.8) is 0 Å². The maximum absolute atomic E-state index is 13.1. The summed E-state index contributed by atoms with van der Waals surface area (Å²) in [4.78, 5) is 24.7. The molecule has 0 bridgehead atoms. The molecule has 0 saturated carbocycles. The maximum Gasteiger partial charge on any atom is 0.273 e. The first-order valence-corrected chi connectivity index (χ1v) is 9.23. The SMILES string of the molecule is CSc1ccccc1C1CCCN1C(=O)c1cnc2cnccn12. The van der Waals surface area contributed by atoms with Crippen molar-refractivity contribution in [3.05, 3.63) is 60.3 Å². The van der Waals surface area contributed by atoms with Crippen LogP contribution < -0.4 is 0 Å². The molecule has 3 heterocycles. The van der Waals surface area contributed by atoms with Crippen molar-refractivity contribution >= 4 is 23.3 Å². The zero-order valence-corrected chi connectivity index (χ0v) is 14.2. The number of aromatic nitrogens is 3. The fourth-order valence-electron chi connectivity index (χ4n) is 3.42. The average Bonchev–Trinajstić information content (AvgIpc) is 3.28. The number of nitrogens with zero attached hydrogens (tertiary/aromatic N) is 4. The molecule has 1 amide bonds. The van der Waals surface area contributed by atoms with E-state index in [4.69, 9.17) is 0 Å². The minimum absolute atomic E-state index is 0.0344. The van der Waals surface area contributed by atoms with Crippen molar-refractivity contribution in [1.29, 1.82) is 0 Å². The summed E-state index contributed by atoms with van der Waals surface area (Å²) in [6.45, 7) is 0.782. The summed E-state index contributed by atoms with van der Waals surface area (Å²) in [5, 5.41) is 0. The Labute approximate surface area is 144 Å². The lowest BCUT2D eigenvalue weighted by Crippen LogP contribution is -2.31. The highest BCUT2D eigenvalue weighted by Gasteiger charge is 2.33. The van der Waals surface area contributed by atoms with Gasteiger partial charge >= 0.3 is 0 Å². The number of likely N-dealkylation sites (tertiary alicyclic amines) is 1. The number of thioether (sulfide) groups is 1. The van der Waals surface area contributed by atoms with Gasteiger partial charge in [0.05, 0.1) is 18.4 Å². The lowest BCUT2D eigenvalue weighted by molar-refractivity contribution is 0.0727. The Bertz CT molecular complexity index is 891. The largest absolute Gasteiger partial charge is 0.330 e. The average molecular weight is 338 g/mol. The predicted molar refractivity (Wildman–Crippen MR) is 94.2 cm³/mol. The van der Waals surface area contributed by atoms with E-state index in [1.54, 1.807) is 36.5 Å². The Morgan fingerprint density at radius 2 is 2.17 bits per heavy atom. The standard InChI is InChI=1S/C18H18N4OS/c1-24-16-7-3-2-5-13(16)14-6-4-9-22(14)18(23)15-11-20-17-12-19-8-10-21(15)17/h2-3,5,7-8,10-12,14H,4,6,9H2,1H3. The fraction of sp³-hybridized carbons (Fsp3) is 0.278. The number of carbonyl (C=O) groups is 1. The number of carbonyl (C=O) groups excluding carboxylic acids is 1. The lowest BCUT2D eigenvalue weighted by Gasteiger charge is -2.26. The first-order valence-electron chi connectivity index (χ1n) is 8.00. The van der Waals surface area contributed by atoms with Crippen LogP contribution in [0.2, 0.25) is 0 Å². The van der Waals surface area contributed by atoms with Gasteiger partial charge in [0.2, 0.25) is 0 Å². The Kier molecular flexibility index (Phi) is 3.98. The van der Waals surface area contributed by atoms with E-state index in [0.29, 0.717) is 11.3 Å². The van der Waals surface area contributed by atoms with E-state index in [1.165, 1.54) is 10.5 Å². The van der Waals surface area contributed by atoms with Crippen LogP contribution in [0.15, 0.2) is 53.9 Å². The van der Waals surface area contributed by atoms with E-state index in [9.17, 15) is 4.79 Å². The zero-order valence-electron chi connectivity index (χ0n) is 13.4. The number of fused-ring (bicyclic) bond motifs is 1. The minimum Gasteiger partial charge on any atom is -0.330 e. The summed E-state index contributed by atoms with van der Waals surface area (Å²) in [6, 6.07) is 8.50. The van der Waals surface area contributed by atoms with Crippen LogP contribution in [0.1, 0.15) is 34.9 Å². The summed E-state index contributed by atoms with van der Waals surface area (Å²) < 4.78 is 1.81. The van der Waals surface area contributed by atoms with Gasteiger partial charge in [-0.15, -0.1) is 11.8 Å². The molecule has 0 aliphatic carbocycles. The van der Waals surface area contributed by atoms with Gasteiger partial charge in [-0.1, -0.05) is 18.2 Å². The van der Waals surface area contributed by atoms with Gasteiger partial charge in [-0.05, 0) is 30.7 Å². The molecule has 2 aromatic heterocycles. The molecule has 1 atom stereocenters. The molecule has 0 radical (unpaired) electrons. The second-order valence-electron chi connectivity index (χ2n) is 5.85. The molecular weight excluding hydrogens is 320 g/mol. The molecular formula is C18H18N4OS. The third kappa shape index (κ3) is 2.47. The number of rotatable bonds is 3. The molecule has 5 nitrogen and oxygen atoms in total. The van der Waals surface area contributed by atoms with Crippen molar-refractivity contribution in [3.8, 4) is 0 Å². The number of amides is 1. The molecule has 1 fully saturated rings. The Morgan fingerprint density at radius 3 is 3.04 bits per heavy atom. The second-order valence-corrected chi connectivity index (χ2v) is 6.69. The van der Waals surface area contributed by atoms with Gasteiger partial charge in [0.1, 0.15) is 5.69 Å². The quantitative estimate of drug-likeness (QED) is 0.687. The van der Waals surface area contributed by atoms with E-state index in [0.717, 1.165) is 19.4 Å². The summed E-state index contributed by atoms with van der Waals surface area (Å²) in [5.74, 6) is 0.0344. The lowest BCUT2D eigenvalue weighted by atomic mass is 10.0. The van der Waals surface area contributed by atoms with Crippen LogP contribution in [-0.2, 0) is 0 Å². The minimum atomic E-state index is 0.0344. The van der Waals surface area contributed by atoms with Crippen LogP contribution in [0.4, 0.5) is 0 Å². The zero-order chi connectivity index (χ0) is 16.5. The van der Waals surface area contributed by atoms with Crippen LogP contribution in [-0.4, -0.2) is 38.0 Å². The van der Waals surface area contributed by atoms with Crippen LogP contribution in [0, 0.1) is 0 Å². The predicted octanol–water partition coefficient (Wildman–Crippen LogP) is 3.43. The highest BCUT2D eigenvalue weighted by atomic mass is 32.2. The van der Waals surface area contributed by atoms with E-state index in [1.807, 2.05) is 15.4 Å². The number of hydrogen-bond acceptors (Lipinski definition) is 4. The van der Waals surface area contributed by atoms with Crippen LogP contribution >= 0.6 is 11.8 Å². The third-order valence-corrected chi connectivity index (χ3v) is 5.36. The van der Waals surface area contributed by atoms with Crippen LogP contribution in [0.5, 0.6) is 0 Å². The summed E-state index contributed by atoms with van der Waals surface area (Å²) in [5.41, 5.74) is 2.54. The maximum atomic E-state index is 13.1. The van der Waals surface area contributed by atoms with Gasteiger partial charge in [-0.2, -0.15) is 0 Å². The first-order chi connectivity index (χ1) is 11.8. The van der Waals surface area contributed by atoms with E-state index in [2.05, 4.69) is 34.4 Å². The normalized spacial score (nSPS) is 17.5. The molecule has 6 heteroatoms. The topological polar surface area (TPSA) is 50.5 Å². The first kappa shape index (κ1) is 15.2. The van der Waals surface area contributed by atoms with Crippen molar-refractivity contribution in [2.24, 2.45) is 0 Å². The Balaban J connectivity index is 1.71. The van der Waals surface area contributed by atoms with Gasteiger partial charge < -0.3 is 4.90 Å². The molecule has 24 heavy (non-hydrogen) atoms.